The topological polar surface area (TPSA) is 43.8 Å². The number of likely N-dealkylation sites (tertiary alicyclic amines) is 1. The third-order valence-corrected chi connectivity index (χ3v) is 2.50. The van der Waals surface area contributed by atoms with Crippen molar-refractivity contribution in [3.63, 3.8) is 0 Å². The second-order valence-corrected chi connectivity index (χ2v) is 4.09. The highest BCUT2D eigenvalue weighted by molar-refractivity contribution is 5.68. The predicted molar refractivity (Wildman–Crippen MR) is 51.0 cm³/mol. The van der Waals surface area contributed by atoms with Crippen LogP contribution >= 0.6 is 0 Å². The largest absolute Gasteiger partial charge is 0.480 e. The Bertz CT molecular complexity index is 213. The molecule has 4 nitrogen and oxygen atoms in total. The average molecular weight is 204 g/mol. The molecular weight excluding hydrogens is 187 g/mol. The summed E-state index contributed by atoms with van der Waals surface area (Å²) in [6, 6.07) is 0. The van der Waals surface area contributed by atoms with Crippen molar-refractivity contribution >= 4 is 5.97 Å². The quantitative estimate of drug-likeness (QED) is 0.694. The molecule has 0 spiro atoms. The number of carboxylic acid groups (broad SMARTS) is 1. The SMILES string of the molecule is CN(CC(=O)O)CC1CN(C)CC1F. The van der Waals surface area contributed by atoms with Gasteiger partial charge in [0.1, 0.15) is 6.17 Å². The summed E-state index contributed by atoms with van der Waals surface area (Å²) in [5.41, 5.74) is 0. The van der Waals surface area contributed by atoms with Crippen molar-refractivity contribution in [3.05, 3.63) is 0 Å². The van der Waals surface area contributed by atoms with E-state index in [1.165, 1.54) is 0 Å². The molecule has 1 aliphatic heterocycles. The van der Waals surface area contributed by atoms with Crippen molar-refractivity contribution < 1.29 is 14.3 Å². The lowest BCUT2D eigenvalue weighted by Crippen LogP contribution is -2.34. The van der Waals surface area contributed by atoms with Crippen molar-refractivity contribution in [2.75, 3.05) is 40.3 Å². The van der Waals surface area contributed by atoms with E-state index in [1.54, 1.807) is 11.9 Å². The van der Waals surface area contributed by atoms with Gasteiger partial charge in [0.15, 0.2) is 0 Å². The van der Waals surface area contributed by atoms with E-state index >= 15 is 0 Å². The van der Waals surface area contributed by atoms with Crippen LogP contribution in [0.15, 0.2) is 0 Å². The molecule has 14 heavy (non-hydrogen) atoms. The van der Waals surface area contributed by atoms with Crippen LogP contribution in [0.1, 0.15) is 0 Å². The molecule has 0 bridgehead atoms. The summed E-state index contributed by atoms with van der Waals surface area (Å²) in [5.74, 6) is -0.918. The van der Waals surface area contributed by atoms with Crippen LogP contribution in [0.4, 0.5) is 4.39 Å². The van der Waals surface area contributed by atoms with Gasteiger partial charge in [0.2, 0.25) is 0 Å². The summed E-state index contributed by atoms with van der Waals surface area (Å²) in [4.78, 5) is 14.0. The molecule has 0 saturated carbocycles. The van der Waals surface area contributed by atoms with E-state index in [2.05, 4.69) is 0 Å². The highest BCUT2D eigenvalue weighted by atomic mass is 19.1. The molecule has 5 heteroatoms. The Hall–Kier alpha value is -0.680. The van der Waals surface area contributed by atoms with Gasteiger partial charge in [-0.3, -0.25) is 9.69 Å². The van der Waals surface area contributed by atoms with Crippen LogP contribution in [0.3, 0.4) is 0 Å². The van der Waals surface area contributed by atoms with Crippen LogP contribution < -0.4 is 0 Å². The maximum absolute atomic E-state index is 13.3. The number of carbonyl (C=O) groups is 1. The number of alkyl halides is 1. The minimum Gasteiger partial charge on any atom is -0.480 e. The second kappa shape index (κ2) is 4.70. The summed E-state index contributed by atoms with van der Waals surface area (Å²) in [6.45, 7) is 1.67. The van der Waals surface area contributed by atoms with Gasteiger partial charge in [-0.15, -0.1) is 0 Å². The summed E-state index contributed by atoms with van der Waals surface area (Å²) < 4.78 is 13.3. The molecule has 0 amide bonds. The van der Waals surface area contributed by atoms with E-state index < -0.39 is 12.1 Å². The van der Waals surface area contributed by atoms with Gasteiger partial charge in [-0.25, -0.2) is 4.39 Å². The van der Waals surface area contributed by atoms with Gasteiger partial charge >= 0.3 is 5.97 Å². The molecule has 2 unspecified atom stereocenters. The lowest BCUT2D eigenvalue weighted by atomic mass is 10.1. The Labute approximate surface area is 83.3 Å². The molecule has 0 aromatic rings. The van der Waals surface area contributed by atoms with Gasteiger partial charge in [-0.2, -0.15) is 0 Å². The molecule has 1 saturated heterocycles. The number of likely N-dealkylation sites (N-methyl/N-ethyl adjacent to an activating group) is 1. The van der Waals surface area contributed by atoms with Gasteiger partial charge in [0.25, 0.3) is 0 Å². The van der Waals surface area contributed by atoms with Gasteiger partial charge in [0, 0.05) is 25.6 Å². The number of rotatable bonds is 4. The number of aliphatic carboxylic acids is 1. The van der Waals surface area contributed by atoms with Gasteiger partial charge < -0.3 is 10.0 Å². The number of nitrogens with zero attached hydrogens (tertiary/aromatic N) is 2. The van der Waals surface area contributed by atoms with Crippen LogP contribution in [-0.4, -0.2) is 67.3 Å². The summed E-state index contributed by atoms with van der Waals surface area (Å²) >= 11 is 0. The third-order valence-electron chi connectivity index (χ3n) is 2.50. The van der Waals surface area contributed by atoms with Crippen molar-refractivity contribution in [1.29, 1.82) is 0 Å². The van der Waals surface area contributed by atoms with Crippen LogP contribution in [0, 0.1) is 5.92 Å². The zero-order valence-electron chi connectivity index (χ0n) is 8.61. The maximum Gasteiger partial charge on any atom is 0.317 e. The molecule has 1 aliphatic rings. The van der Waals surface area contributed by atoms with Gasteiger partial charge in [-0.05, 0) is 14.1 Å². The fourth-order valence-electron chi connectivity index (χ4n) is 1.90. The molecular formula is C9H17FN2O2. The Morgan fingerprint density at radius 2 is 2.29 bits per heavy atom. The van der Waals surface area contributed by atoms with E-state index in [0.717, 1.165) is 0 Å². The lowest BCUT2D eigenvalue weighted by Gasteiger charge is -2.19. The summed E-state index contributed by atoms with van der Waals surface area (Å²) in [6.07, 6.45) is -0.823. The van der Waals surface area contributed by atoms with Crippen LogP contribution in [0.2, 0.25) is 0 Å². The first kappa shape index (κ1) is 11.4. The number of hydrogen-bond donors (Lipinski definition) is 1. The molecule has 0 aromatic heterocycles. The second-order valence-electron chi connectivity index (χ2n) is 4.09. The molecule has 82 valence electrons. The van der Waals surface area contributed by atoms with E-state index in [4.69, 9.17) is 5.11 Å². The Balaban J connectivity index is 2.33. The summed E-state index contributed by atoms with van der Waals surface area (Å²) in [5, 5.41) is 8.53. The van der Waals surface area contributed by atoms with Crippen molar-refractivity contribution in [3.8, 4) is 0 Å². The summed E-state index contributed by atoms with van der Waals surface area (Å²) in [7, 11) is 3.59. The van der Waals surface area contributed by atoms with Crippen molar-refractivity contribution in [2.45, 2.75) is 6.17 Å². The van der Waals surface area contributed by atoms with Crippen molar-refractivity contribution in [2.24, 2.45) is 5.92 Å². The molecule has 0 aromatic carbocycles. The maximum atomic E-state index is 13.3. The first-order valence-corrected chi connectivity index (χ1v) is 4.72. The predicted octanol–water partition coefficient (Wildman–Crippen LogP) is -0.0975. The number of halogens is 1. The van der Waals surface area contributed by atoms with E-state index in [0.29, 0.717) is 19.6 Å². The first-order valence-electron chi connectivity index (χ1n) is 4.72. The molecule has 1 fully saturated rings. The van der Waals surface area contributed by atoms with Crippen LogP contribution in [0.5, 0.6) is 0 Å². The molecule has 1 N–H and O–H groups in total. The van der Waals surface area contributed by atoms with Gasteiger partial charge in [-0.1, -0.05) is 0 Å². The van der Waals surface area contributed by atoms with Crippen LogP contribution in [-0.2, 0) is 4.79 Å². The minimum atomic E-state index is -0.866. The van der Waals surface area contributed by atoms with Crippen molar-refractivity contribution in [1.82, 2.24) is 9.80 Å². The number of hydrogen-bond acceptors (Lipinski definition) is 3. The van der Waals surface area contributed by atoms with E-state index in [9.17, 15) is 9.18 Å². The highest BCUT2D eigenvalue weighted by Gasteiger charge is 2.31. The monoisotopic (exact) mass is 204 g/mol. The Morgan fingerprint density at radius 1 is 1.64 bits per heavy atom. The lowest BCUT2D eigenvalue weighted by molar-refractivity contribution is -0.138. The fraction of sp³-hybridized carbons (Fsp3) is 0.889. The average Bonchev–Trinajstić information content (AvgIpc) is 2.28. The zero-order chi connectivity index (χ0) is 10.7. The third kappa shape index (κ3) is 3.23. The molecule has 1 rings (SSSR count). The Morgan fingerprint density at radius 3 is 2.71 bits per heavy atom. The number of carboxylic acids is 1. The molecule has 1 heterocycles. The molecule has 2 atom stereocenters. The van der Waals surface area contributed by atoms with E-state index in [1.807, 2.05) is 11.9 Å². The normalized spacial score (nSPS) is 28.6. The highest BCUT2D eigenvalue weighted by Crippen LogP contribution is 2.19. The molecule has 0 radical (unpaired) electrons. The van der Waals surface area contributed by atoms with E-state index in [-0.39, 0.29) is 12.5 Å². The Kier molecular flexibility index (Phi) is 3.83. The minimum absolute atomic E-state index is 0.0209. The standard InChI is InChI=1S/C9H17FN2O2/c1-11-3-7(8(10)5-11)4-12(2)6-9(13)14/h7-8H,3-6H2,1-2H3,(H,13,14). The fourth-order valence-corrected chi connectivity index (χ4v) is 1.90. The van der Waals surface area contributed by atoms with Gasteiger partial charge in [0.05, 0.1) is 6.54 Å². The van der Waals surface area contributed by atoms with Crippen LogP contribution in [0.25, 0.3) is 0 Å². The zero-order valence-corrected chi connectivity index (χ0v) is 8.61. The molecule has 0 aliphatic carbocycles. The first-order chi connectivity index (χ1) is 6.49. The smallest absolute Gasteiger partial charge is 0.317 e.